The maximum absolute atomic E-state index is 15.1. The van der Waals surface area contributed by atoms with E-state index in [1.165, 1.54) is 80.3 Å². The number of carbonyl (C=O) groups excluding carboxylic acids is 3. The van der Waals surface area contributed by atoms with Crippen molar-refractivity contribution < 1.29 is 77.3 Å². The highest BCUT2D eigenvalue weighted by molar-refractivity contribution is 5.94. The molecule has 3 aliphatic heterocycles. The van der Waals surface area contributed by atoms with Crippen LogP contribution in [0, 0.1) is 23.1 Å². The number of rotatable bonds is 23. The molecule has 3 aromatic carbocycles. The highest BCUT2D eigenvalue weighted by Crippen LogP contribution is 2.42. The second-order valence-corrected chi connectivity index (χ2v) is 29.8. The van der Waals surface area contributed by atoms with Crippen molar-refractivity contribution in [3.05, 3.63) is 161 Å². The Kier molecular flexibility index (Phi) is 23.5. The standard InChI is InChI=1S/C27H29F3N6O2.C26H28F5N5O.C24H27F4N5O2/c1-18(37)13-34-10-8-26(38,9-11-34)16-35-15-20(12-31)23-24(35)32-17-33-25(23)36(22-6-7-22)14-19-2-4-21(5-3-19)27(28,29)30;1-17(37)12-34-10-8-20(25(27,28)15-34)14-35-11-9-22-23(35)32-16-33-24(22)36(21-6-7-21)13-18-2-4-19(5-3-18)26(29,30)31;1-16(34)11-32-9-7-23(35,8-10-32)14-33-13-19(25)20-21(29-15-30-22(20)33)31(2)12-17-3-5-18(6-4-17)24(26,27)28/h2-5,15,17,22,38H,6-11,13-14,16H2,1H3;2-5,9,11,16,20-21H,6-8,10,12-15H2,1H3;3-6,13,15,35H,7-12,14H2,1-2H3. The number of aliphatic hydroxyl groups is 2. The summed E-state index contributed by atoms with van der Waals surface area (Å²) in [7, 11) is 1.68. The first kappa shape index (κ1) is 79.9. The molecule has 2 N–H and O–H groups in total. The van der Waals surface area contributed by atoms with E-state index < -0.39 is 70.6 Å². The summed E-state index contributed by atoms with van der Waals surface area (Å²) < 4.78 is 166. The number of benzene rings is 3. The van der Waals surface area contributed by atoms with E-state index in [0.29, 0.717) is 141 Å². The monoisotopic (exact) mass is 1540 g/mol. The van der Waals surface area contributed by atoms with Crippen LogP contribution < -0.4 is 14.7 Å². The van der Waals surface area contributed by atoms with E-state index in [-0.39, 0.29) is 74.0 Å². The van der Waals surface area contributed by atoms with Crippen LogP contribution in [0.15, 0.2) is 116 Å². The summed E-state index contributed by atoms with van der Waals surface area (Å²) in [6.07, 6.45) is 1.49. The molecule has 21 nitrogen and oxygen atoms in total. The predicted octanol–water partition coefficient (Wildman–Crippen LogP) is 12.7. The molecule has 2 saturated carbocycles. The van der Waals surface area contributed by atoms with Crippen LogP contribution in [0.3, 0.4) is 0 Å². The average molecular weight is 1540 g/mol. The van der Waals surface area contributed by atoms with E-state index in [0.717, 1.165) is 73.0 Å². The predicted molar refractivity (Wildman–Crippen MR) is 385 cm³/mol. The van der Waals surface area contributed by atoms with Gasteiger partial charge in [0.15, 0.2) is 5.82 Å². The van der Waals surface area contributed by atoms with E-state index in [1.54, 1.807) is 45.0 Å². The van der Waals surface area contributed by atoms with Crippen molar-refractivity contribution in [2.24, 2.45) is 5.92 Å². The molecule has 0 spiro atoms. The Morgan fingerprint density at radius 2 is 0.927 bits per heavy atom. The summed E-state index contributed by atoms with van der Waals surface area (Å²) in [5, 5.41) is 33.9. The van der Waals surface area contributed by atoms with Crippen molar-refractivity contribution in [2.75, 3.05) is 80.7 Å². The summed E-state index contributed by atoms with van der Waals surface area (Å²) in [5.41, 5.74) is -0.371. The van der Waals surface area contributed by atoms with Gasteiger partial charge < -0.3 is 38.6 Å². The number of alkyl halides is 11. The lowest BCUT2D eigenvalue weighted by Gasteiger charge is -2.38. The van der Waals surface area contributed by atoms with Crippen molar-refractivity contribution in [2.45, 2.75) is 166 Å². The summed E-state index contributed by atoms with van der Waals surface area (Å²) >= 11 is 0. The molecule has 5 aliphatic rings. The van der Waals surface area contributed by atoms with E-state index in [1.807, 2.05) is 20.8 Å². The minimum atomic E-state index is -4.41. The molecule has 1 atom stereocenters. The molecule has 14 rings (SSSR count). The second kappa shape index (κ2) is 32.4. The first-order chi connectivity index (χ1) is 52.0. The first-order valence-corrected chi connectivity index (χ1v) is 36.3. The van der Waals surface area contributed by atoms with Crippen LogP contribution in [-0.4, -0.2) is 181 Å². The number of nitriles is 1. The Labute approximate surface area is 625 Å². The lowest BCUT2D eigenvalue weighted by molar-refractivity contribution is -0.138. The van der Waals surface area contributed by atoms with Gasteiger partial charge in [0.1, 0.15) is 76.8 Å². The molecule has 5 fully saturated rings. The topological polar surface area (TPSA) is 227 Å². The smallest absolute Gasteiger partial charge is 0.388 e. The maximum Gasteiger partial charge on any atom is 0.416 e. The highest BCUT2D eigenvalue weighted by atomic mass is 19.4. The number of piperidine rings is 3. The average Bonchev–Trinajstić information content (AvgIpc) is 1.59. The van der Waals surface area contributed by atoms with Crippen LogP contribution >= 0.6 is 0 Å². The van der Waals surface area contributed by atoms with Crippen molar-refractivity contribution in [3.8, 4) is 6.07 Å². The molecule has 9 heterocycles. The van der Waals surface area contributed by atoms with Gasteiger partial charge in [0, 0.05) is 96.0 Å². The highest BCUT2D eigenvalue weighted by Gasteiger charge is 2.46. The van der Waals surface area contributed by atoms with Crippen LogP contribution in [0.1, 0.15) is 118 Å². The van der Waals surface area contributed by atoms with E-state index >= 15 is 4.39 Å². The van der Waals surface area contributed by atoms with E-state index in [9.17, 15) is 78.2 Å². The normalized spacial score (nSPS) is 18.3. The van der Waals surface area contributed by atoms with Crippen molar-refractivity contribution >= 4 is 67.9 Å². The van der Waals surface area contributed by atoms with Gasteiger partial charge >= 0.3 is 18.5 Å². The molecule has 2 aliphatic carbocycles. The molecule has 0 bridgehead atoms. The van der Waals surface area contributed by atoms with Crippen molar-refractivity contribution in [3.63, 3.8) is 0 Å². The third-order valence-electron chi connectivity index (χ3n) is 20.8. The van der Waals surface area contributed by atoms with Gasteiger partial charge in [-0.3, -0.25) is 29.1 Å². The molecule has 6 aromatic heterocycles. The maximum atomic E-state index is 15.1. The van der Waals surface area contributed by atoms with Crippen LogP contribution in [0.25, 0.3) is 33.1 Å². The fraction of sp³-hybridized carbons (Fsp3) is 0.481. The van der Waals surface area contributed by atoms with E-state index in [4.69, 9.17) is 0 Å². The third kappa shape index (κ3) is 19.4. The van der Waals surface area contributed by atoms with Gasteiger partial charge in [-0.1, -0.05) is 36.4 Å². The minimum Gasteiger partial charge on any atom is -0.388 e. The number of anilines is 3. The van der Waals surface area contributed by atoms with Crippen molar-refractivity contribution in [1.29, 1.82) is 5.26 Å². The Morgan fingerprint density at radius 3 is 1.36 bits per heavy atom. The Balaban J connectivity index is 0.000000154. The zero-order chi connectivity index (χ0) is 78.8. The number of hydrogen-bond donors (Lipinski definition) is 2. The fourth-order valence-corrected chi connectivity index (χ4v) is 14.8. The molecule has 586 valence electrons. The number of aromatic nitrogens is 9. The quantitative estimate of drug-likeness (QED) is 0.0567. The minimum absolute atomic E-state index is 0.0290. The van der Waals surface area contributed by atoms with Gasteiger partial charge in [-0.15, -0.1) is 0 Å². The lowest BCUT2D eigenvalue weighted by Crippen LogP contribution is -2.50. The number of nitrogens with zero attached hydrogens (tertiary/aromatic N) is 16. The molecule has 0 radical (unpaired) electrons. The van der Waals surface area contributed by atoms with Gasteiger partial charge in [-0.2, -0.15) is 44.8 Å². The SMILES string of the molecule is CC(=O)CN1CCC(Cn2ccc3c(N(Cc4ccc(C(F)(F)F)cc4)C4CC4)ncnc32)C(F)(F)C1.CC(=O)CN1CCC(O)(Cn2cc(C#N)c3c(N(Cc4ccc(C(F)(F)F)cc4)C4CC4)ncnc32)CC1.CC(=O)CN1CCC(O)(Cn2cc(F)c3c(N(C)Cc4ccc(C(F)(F)F)cc4)ncnc32)CC1. The molecule has 0 amide bonds. The van der Waals surface area contributed by atoms with Gasteiger partial charge in [-0.25, -0.2) is 43.1 Å². The van der Waals surface area contributed by atoms with Crippen LogP contribution in [0.4, 0.5) is 70.1 Å². The number of likely N-dealkylation sites (tertiary alicyclic amines) is 3. The number of hydrogen-bond acceptors (Lipinski definition) is 18. The molecule has 33 heteroatoms. The molecule has 110 heavy (non-hydrogen) atoms. The molecule has 1 unspecified atom stereocenters. The van der Waals surface area contributed by atoms with Crippen LogP contribution in [0.2, 0.25) is 0 Å². The van der Waals surface area contributed by atoms with Gasteiger partial charge in [0.25, 0.3) is 5.92 Å². The summed E-state index contributed by atoms with van der Waals surface area (Å²) in [5.74, 6) is -2.84. The largest absolute Gasteiger partial charge is 0.416 e. The Morgan fingerprint density at radius 1 is 0.518 bits per heavy atom. The van der Waals surface area contributed by atoms with Crippen LogP contribution in [0.5, 0.6) is 0 Å². The third-order valence-corrected chi connectivity index (χ3v) is 20.8. The molecular weight excluding hydrogens is 1460 g/mol. The van der Waals surface area contributed by atoms with Gasteiger partial charge in [0.2, 0.25) is 0 Å². The number of halogens is 12. The number of fused-ring (bicyclic) bond motifs is 3. The molecule has 3 saturated heterocycles. The lowest BCUT2D eigenvalue weighted by atomic mass is 9.91. The zero-order valence-electron chi connectivity index (χ0n) is 61.0. The van der Waals surface area contributed by atoms with E-state index in [2.05, 4.69) is 40.9 Å². The zero-order valence-corrected chi connectivity index (χ0v) is 61.0. The molecular formula is C77H84F12N16O5. The Bertz CT molecular complexity index is 4780. The van der Waals surface area contributed by atoms with Gasteiger partial charge in [-0.05, 0) is 144 Å². The number of Topliss-reactive ketones (excluding diaryl/α,β-unsaturated/α-hetero) is 3. The van der Waals surface area contributed by atoms with Crippen molar-refractivity contribution in [1.82, 2.24) is 58.3 Å². The summed E-state index contributed by atoms with van der Waals surface area (Å²) in [4.78, 5) is 71.7. The van der Waals surface area contributed by atoms with Gasteiger partial charge in [0.05, 0.1) is 88.9 Å². The first-order valence-electron chi connectivity index (χ1n) is 36.3. The summed E-state index contributed by atoms with van der Waals surface area (Å²) in [6, 6.07) is 19.4. The Hall–Kier alpha value is -9.62. The fourth-order valence-electron chi connectivity index (χ4n) is 14.8. The number of carbonyl (C=O) groups is 3. The summed E-state index contributed by atoms with van der Waals surface area (Å²) in [6.45, 7) is 8.95. The second-order valence-electron chi connectivity index (χ2n) is 29.8. The van der Waals surface area contributed by atoms with Crippen LogP contribution in [-0.2, 0) is 72.2 Å². The molecule has 9 aromatic rings. The number of ketones is 3.